The largest absolute Gasteiger partial charge is 0.452 e. The lowest BCUT2D eigenvalue weighted by Crippen LogP contribution is -2.21. The van der Waals surface area contributed by atoms with Crippen LogP contribution in [-0.4, -0.2) is 23.6 Å². The molecule has 0 aliphatic carbocycles. The molecule has 128 valence electrons. The molecule has 0 bridgehead atoms. The number of hydrogen-bond acceptors (Lipinski definition) is 5. The number of esters is 1. The van der Waals surface area contributed by atoms with E-state index >= 15 is 0 Å². The van der Waals surface area contributed by atoms with Gasteiger partial charge in [0, 0.05) is 5.69 Å². The third kappa shape index (κ3) is 4.22. The minimum atomic E-state index is -0.617. The number of aryl methyl sites for hydroxylation is 2. The molecule has 24 heavy (non-hydrogen) atoms. The Morgan fingerprint density at radius 3 is 2.46 bits per heavy atom. The lowest BCUT2D eigenvalue weighted by Gasteiger charge is -2.10. The topological polar surface area (TPSA) is 81.4 Å². The van der Waals surface area contributed by atoms with Crippen LogP contribution in [0.1, 0.15) is 53.6 Å². The Morgan fingerprint density at radius 1 is 1.25 bits per heavy atom. The maximum absolute atomic E-state index is 12.0. The molecular weight excluding hydrogens is 308 g/mol. The van der Waals surface area contributed by atoms with E-state index in [0.29, 0.717) is 23.1 Å². The Morgan fingerprint density at radius 2 is 1.92 bits per heavy atom. The monoisotopic (exact) mass is 330 g/mol. The van der Waals surface area contributed by atoms with Gasteiger partial charge in [-0.3, -0.25) is 4.79 Å². The van der Waals surface area contributed by atoms with Crippen LogP contribution >= 0.6 is 0 Å². The molecule has 1 heterocycles. The van der Waals surface area contributed by atoms with Crippen molar-refractivity contribution in [1.82, 2.24) is 5.16 Å². The maximum Gasteiger partial charge on any atom is 0.344 e. The van der Waals surface area contributed by atoms with Crippen molar-refractivity contribution < 1.29 is 18.8 Å². The molecular formula is C18H22N2O4. The van der Waals surface area contributed by atoms with Crippen LogP contribution in [0.3, 0.4) is 0 Å². The average Bonchev–Trinajstić information content (AvgIpc) is 2.91. The SMILES string of the molecule is CC[C@@H](C)c1ccc(NC(=O)COC(=O)c2c(C)noc2C)cc1. The number of hydrogen-bond donors (Lipinski definition) is 1. The summed E-state index contributed by atoms with van der Waals surface area (Å²) < 4.78 is 9.92. The molecule has 0 aliphatic heterocycles. The van der Waals surface area contributed by atoms with Gasteiger partial charge in [-0.1, -0.05) is 31.1 Å². The van der Waals surface area contributed by atoms with Gasteiger partial charge in [0.1, 0.15) is 11.3 Å². The van der Waals surface area contributed by atoms with Crippen LogP contribution in [0.15, 0.2) is 28.8 Å². The third-order valence-corrected chi connectivity index (χ3v) is 3.95. The molecule has 6 heteroatoms. The molecule has 0 saturated heterocycles. The van der Waals surface area contributed by atoms with Gasteiger partial charge in [-0.2, -0.15) is 0 Å². The Bertz CT molecular complexity index is 700. The average molecular weight is 330 g/mol. The van der Waals surface area contributed by atoms with Crippen LogP contribution in [0.2, 0.25) is 0 Å². The molecule has 1 amide bonds. The number of rotatable bonds is 6. The highest BCUT2D eigenvalue weighted by atomic mass is 16.5. The number of amides is 1. The van der Waals surface area contributed by atoms with E-state index in [1.165, 1.54) is 5.56 Å². The van der Waals surface area contributed by atoms with Crippen molar-refractivity contribution in [3.05, 3.63) is 46.8 Å². The van der Waals surface area contributed by atoms with E-state index in [1.54, 1.807) is 13.8 Å². The van der Waals surface area contributed by atoms with Crippen molar-refractivity contribution in [3.63, 3.8) is 0 Å². The summed E-state index contributed by atoms with van der Waals surface area (Å²) in [6, 6.07) is 7.66. The number of carbonyl (C=O) groups excluding carboxylic acids is 2. The second-order valence-corrected chi connectivity index (χ2v) is 5.75. The van der Waals surface area contributed by atoms with E-state index < -0.39 is 11.9 Å². The lowest BCUT2D eigenvalue weighted by atomic mass is 9.99. The maximum atomic E-state index is 12.0. The number of carbonyl (C=O) groups is 2. The number of anilines is 1. The van der Waals surface area contributed by atoms with Gasteiger partial charge >= 0.3 is 5.97 Å². The first kappa shape index (κ1) is 17.7. The first-order chi connectivity index (χ1) is 11.4. The molecule has 1 aromatic heterocycles. The van der Waals surface area contributed by atoms with Crippen LogP contribution in [0.4, 0.5) is 5.69 Å². The Kier molecular flexibility index (Phi) is 5.73. The van der Waals surface area contributed by atoms with E-state index in [0.717, 1.165) is 6.42 Å². The summed E-state index contributed by atoms with van der Waals surface area (Å²) in [5.41, 5.74) is 2.60. The van der Waals surface area contributed by atoms with Crippen LogP contribution in [0.25, 0.3) is 0 Å². The Labute approximate surface area is 141 Å². The molecule has 2 aromatic rings. The van der Waals surface area contributed by atoms with E-state index in [2.05, 4.69) is 24.3 Å². The molecule has 1 N–H and O–H groups in total. The summed E-state index contributed by atoms with van der Waals surface area (Å²) in [6.07, 6.45) is 1.06. The van der Waals surface area contributed by atoms with Gasteiger partial charge in [0.2, 0.25) is 0 Å². The normalized spacial score (nSPS) is 11.8. The van der Waals surface area contributed by atoms with Gasteiger partial charge in [-0.15, -0.1) is 0 Å². The van der Waals surface area contributed by atoms with E-state index in [9.17, 15) is 9.59 Å². The summed E-state index contributed by atoms with van der Waals surface area (Å²) >= 11 is 0. The zero-order valence-electron chi connectivity index (χ0n) is 14.4. The fourth-order valence-corrected chi connectivity index (χ4v) is 2.31. The van der Waals surface area contributed by atoms with Gasteiger partial charge in [0.05, 0.1) is 5.69 Å². The quantitative estimate of drug-likeness (QED) is 0.818. The molecule has 0 radical (unpaired) electrons. The number of nitrogens with one attached hydrogen (secondary N) is 1. The smallest absolute Gasteiger partial charge is 0.344 e. The van der Waals surface area contributed by atoms with Crippen molar-refractivity contribution in [3.8, 4) is 0 Å². The molecule has 0 saturated carbocycles. The first-order valence-electron chi connectivity index (χ1n) is 7.92. The van der Waals surface area contributed by atoms with Gasteiger partial charge in [0.15, 0.2) is 6.61 Å². The minimum Gasteiger partial charge on any atom is -0.452 e. The molecule has 1 atom stereocenters. The fourth-order valence-electron chi connectivity index (χ4n) is 2.31. The highest BCUT2D eigenvalue weighted by molar-refractivity contribution is 5.96. The van der Waals surface area contributed by atoms with E-state index in [4.69, 9.17) is 9.26 Å². The molecule has 0 unspecified atom stereocenters. The van der Waals surface area contributed by atoms with Gasteiger partial charge in [0.25, 0.3) is 5.91 Å². The van der Waals surface area contributed by atoms with Gasteiger partial charge in [-0.05, 0) is 43.9 Å². The standard InChI is InChI=1S/C18H22N2O4/c1-5-11(2)14-6-8-15(9-7-14)19-16(21)10-23-18(22)17-12(3)20-24-13(17)4/h6-9,11H,5,10H2,1-4H3,(H,19,21)/t11-/m1/s1. The molecule has 2 rings (SSSR count). The highest BCUT2D eigenvalue weighted by Gasteiger charge is 2.19. The van der Waals surface area contributed by atoms with Crippen LogP contribution in [0, 0.1) is 13.8 Å². The van der Waals surface area contributed by atoms with Crippen molar-refractivity contribution in [2.45, 2.75) is 40.0 Å². The zero-order chi connectivity index (χ0) is 17.7. The van der Waals surface area contributed by atoms with Crippen molar-refractivity contribution in [1.29, 1.82) is 0 Å². The Hall–Kier alpha value is -2.63. The summed E-state index contributed by atoms with van der Waals surface area (Å²) in [7, 11) is 0. The minimum absolute atomic E-state index is 0.265. The third-order valence-electron chi connectivity index (χ3n) is 3.95. The fraction of sp³-hybridized carbons (Fsp3) is 0.389. The second kappa shape index (κ2) is 7.77. The first-order valence-corrected chi connectivity index (χ1v) is 7.92. The summed E-state index contributed by atoms with van der Waals surface area (Å²) in [4.78, 5) is 23.9. The molecule has 6 nitrogen and oxygen atoms in total. The lowest BCUT2D eigenvalue weighted by molar-refractivity contribution is -0.119. The summed E-state index contributed by atoms with van der Waals surface area (Å²) in [5.74, 6) is -0.163. The number of ether oxygens (including phenoxy) is 1. The zero-order valence-corrected chi connectivity index (χ0v) is 14.4. The van der Waals surface area contributed by atoms with Crippen LogP contribution in [-0.2, 0) is 9.53 Å². The second-order valence-electron chi connectivity index (χ2n) is 5.75. The van der Waals surface area contributed by atoms with Crippen LogP contribution < -0.4 is 5.32 Å². The van der Waals surface area contributed by atoms with Crippen molar-refractivity contribution >= 4 is 17.6 Å². The highest BCUT2D eigenvalue weighted by Crippen LogP contribution is 2.20. The number of nitrogens with zero attached hydrogens (tertiary/aromatic N) is 1. The van der Waals surface area contributed by atoms with Crippen LogP contribution in [0.5, 0.6) is 0 Å². The van der Waals surface area contributed by atoms with E-state index in [-0.39, 0.29) is 12.2 Å². The summed E-state index contributed by atoms with van der Waals surface area (Å²) in [5, 5.41) is 6.39. The van der Waals surface area contributed by atoms with Gasteiger partial charge < -0.3 is 14.6 Å². The molecule has 0 fully saturated rings. The van der Waals surface area contributed by atoms with Crippen molar-refractivity contribution in [2.75, 3.05) is 11.9 Å². The van der Waals surface area contributed by atoms with Crippen molar-refractivity contribution in [2.24, 2.45) is 0 Å². The molecule has 0 aliphatic rings. The van der Waals surface area contributed by atoms with Gasteiger partial charge in [-0.25, -0.2) is 4.79 Å². The number of aromatic nitrogens is 1. The molecule has 0 spiro atoms. The predicted octanol–water partition coefficient (Wildman–Crippen LogP) is 3.60. The van der Waals surface area contributed by atoms with E-state index in [1.807, 2.05) is 24.3 Å². The summed E-state index contributed by atoms with van der Waals surface area (Å²) in [6.45, 7) is 7.19. The number of benzene rings is 1. The molecule has 1 aromatic carbocycles. The Balaban J connectivity index is 1.88. The predicted molar refractivity (Wildman–Crippen MR) is 90.0 cm³/mol.